The average Bonchev–Trinajstić information content (AvgIpc) is 2.64. The summed E-state index contributed by atoms with van der Waals surface area (Å²) >= 11 is 0. The maximum absolute atomic E-state index is 5.86. The largest absolute Gasteiger partial charge is 0.494 e. The molecule has 1 atom stereocenters. The molecule has 0 fully saturated rings. The summed E-state index contributed by atoms with van der Waals surface area (Å²) in [7, 11) is 0. The van der Waals surface area contributed by atoms with Crippen molar-refractivity contribution in [1.29, 1.82) is 0 Å². The molecular formula is C23H36O. The van der Waals surface area contributed by atoms with E-state index in [0.29, 0.717) is 5.92 Å². The van der Waals surface area contributed by atoms with Gasteiger partial charge in [0.1, 0.15) is 5.75 Å². The van der Waals surface area contributed by atoms with Gasteiger partial charge < -0.3 is 4.74 Å². The Labute approximate surface area is 149 Å². The van der Waals surface area contributed by atoms with Crippen molar-refractivity contribution in [3.05, 3.63) is 41.5 Å². The first kappa shape index (κ1) is 19.1. The Bertz CT molecular complexity index is 471. The van der Waals surface area contributed by atoms with Crippen LogP contribution in [0.1, 0.15) is 96.0 Å². The minimum atomic E-state index is 0.684. The molecule has 1 unspecified atom stereocenters. The van der Waals surface area contributed by atoms with Gasteiger partial charge in [0.05, 0.1) is 6.61 Å². The molecule has 1 nitrogen and oxygen atoms in total. The predicted octanol–water partition coefficient (Wildman–Crippen LogP) is 7.42. The van der Waals surface area contributed by atoms with Gasteiger partial charge in [-0.05, 0) is 68.6 Å². The summed E-state index contributed by atoms with van der Waals surface area (Å²) in [6.45, 7) is 5.37. The van der Waals surface area contributed by atoms with Crippen molar-refractivity contribution < 1.29 is 4.74 Å². The average molecular weight is 329 g/mol. The van der Waals surface area contributed by atoms with Crippen LogP contribution in [0, 0.1) is 0 Å². The van der Waals surface area contributed by atoms with Gasteiger partial charge in [0.15, 0.2) is 0 Å². The van der Waals surface area contributed by atoms with E-state index in [0.717, 1.165) is 18.8 Å². The Kier molecular flexibility index (Phi) is 9.02. The summed E-state index contributed by atoms with van der Waals surface area (Å²) in [5.41, 5.74) is 3.19. The summed E-state index contributed by atoms with van der Waals surface area (Å²) in [6, 6.07) is 8.96. The van der Waals surface area contributed by atoms with E-state index in [1.807, 2.05) is 0 Å². The molecule has 0 aliphatic heterocycles. The molecule has 0 saturated carbocycles. The van der Waals surface area contributed by atoms with Gasteiger partial charge in [-0.15, -0.1) is 0 Å². The first-order valence-electron chi connectivity index (χ1n) is 10.2. The van der Waals surface area contributed by atoms with Crippen molar-refractivity contribution in [2.45, 2.75) is 90.4 Å². The molecule has 1 aromatic rings. The van der Waals surface area contributed by atoms with Crippen LogP contribution in [-0.2, 0) is 0 Å². The maximum Gasteiger partial charge on any atom is 0.119 e. The van der Waals surface area contributed by atoms with Crippen molar-refractivity contribution in [3.63, 3.8) is 0 Å². The monoisotopic (exact) mass is 328 g/mol. The molecule has 0 amide bonds. The van der Waals surface area contributed by atoms with Gasteiger partial charge in [-0.2, -0.15) is 0 Å². The van der Waals surface area contributed by atoms with E-state index in [-0.39, 0.29) is 0 Å². The molecule has 2 rings (SSSR count). The summed E-state index contributed by atoms with van der Waals surface area (Å²) in [6.07, 6.45) is 16.7. The fourth-order valence-corrected chi connectivity index (χ4v) is 3.62. The molecule has 0 saturated heterocycles. The normalized spacial score (nSPS) is 15.8. The zero-order valence-electron chi connectivity index (χ0n) is 15.9. The molecule has 0 heterocycles. The van der Waals surface area contributed by atoms with Crippen LogP contribution in [0.25, 0.3) is 0 Å². The lowest BCUT2D eigenvalue weighted by molar-refractivity contribution is 0.306. The zero-order valence-corrected chi connectivity index (χ0v) is 15.9. The van der Waals surface area contributed by atoms with Gasteiger partial charge in [-0.25, -0.2) is 0 Å². The van der Waals surface area contributed by atoms with Crippen molar-refractivity contribution >= 4 is 0 Å². The van der Waals surface area contributed by atoms with E-state index in [2.05, 4.69) is 44.2 Å². The molecule has 1 aromatic carbocycles. The lowest BCUT2D eigenvalue weighted by Crippen LogP contribution is -2.04. The Balaban J connectivity index is 1.93. The lowest BCUT2D eigenvalue weighted by atomic mass is 9.84. The van der Waals surface area contributed by atoms with Gasteiger partial charge in [0.25, 0.3) is 0 Å². The van der Waals surface area contributed by atoms with E-state index >= 15 is 0 Å². The number of unbranched alkanes of at least 4 members (excludes halogenated alkanes) is 3. The highest BCUT2D eigenvalue weighted by molar-refractivity contribution is 5.30. The second-order valence-corrected chi connectivity index (χ2v) is 7.28. The summed E-state index contributed by atoms with van der Waals surface area (Å²) in [5, 5.41) is 0. The molecule has 1 aliphatic rings. The SMILES string of the molecule is CCCCCOc1ccc(C(CCCC)CC2=CCCCC2)cc1. The minimum Gasteiger partial charge on any atom is -0.494 e. The Morgan fingerprint density at radius 1 is 0.958 bits per heavy atom. The van der Waals surface area contributed by atoms with Gasteiger partial charge in [-0.3, -0.25) is 0 Å². The van der Waals surface area contributed by atoms with Crippen molar-refractivity contribution in [1.82, 2.24) is 0 Å². The highest BCUT2D eigenvalue weighted by atomic mass is 16.5. The standard InChI is InChI=1S/C23H36O/c1-3-5-10-18-24-23-16-14-21(15-17-23)22(13-6-4-2)19-20-11-8-7-9-12-20/h11,14-17,22H,3-10,12-13,18-19H2,1-2H3. The predicted molar refractivity (Wildman–Crippen MR) is 105 cm³/mol. The number of hydrogen-bond acceptors (Lipinski definition) is 1. The topological polar surface area (TPSA) is 9.23 Å². The molecule has 0 aromatic heterocycles. The third-order valence-electron chi connectivity index (χ3n) is 5.17. The van der Waals surface area contributed by atoms with E-state index < -0.39 is 0 Å². The third kappa shape index (κ3) is 6.71. The summed E-state index contributed by atoms with van der Waals surface area (Å²) in [4.78, 5) is 0. The van der Waals surface area contributed by atoms with E-state index in [4.69, 9.17) is 4.74 Å². The minimum absolute atomic E-state index is 0.684. The third-order valence-corrected chi connectivity index (χ3v) is 5.17. The van der Waals surface area contributed by atoms with E-state index in [1.165, 1.54) is 69.8 Å². The van der Waals surface area contributed by atoms with E-state index in [9.17, 15) is 0 Å². The van der Waals surface area contributed by atoms with Crippen molar-refractivity contribution in [2.75, 3.05) is 6.61 Å². The fraction of sp³-hybridized carbons (Fsp3) is 0.652. The molecule has 24 heavy (non-hydrogen) atoms. The van der Waals surface area contributed by atoms with Crippen LogP contribution in [0.15, 0.2) is 35.9 Å². The first-order chi connectivity index (χ1) is 11.8. The van der Waals surface area contributed by atoms with Crippen LogP contribution < -0.4 is 4.74 Å². The smallest absolute Gasteiger partial charge is 0.119 e. The van der Waals surface area contributed by atoms with Crippen LogP contribution in [0.2, 0.25) is 0 Å². The van der Waals surface area contributed by atoms with Crippen molar-refractivity contribution in [3.8, 4) is 5.75 Å². The van der Waals surface area contributed by atoms with Gasteiger partial charge in [0.2, 0.25) is 0 Å². The highest BCUT2D eigenvalue weighted by Crippen LogP contribution is 2.33. The summed E-state index contributed by atoms with van der Waals surface area (Å²) < 4.78 is 5.86. The molecule has 0 spiro atoms. The second-order valence-electron chi connectivity index (χ2n) is 7.28. The Hall–Kier alpha value is -1.24. The van der Waals surface area contributed by atoms with Crippen LogP contribution in [0.3, 0.4) is 0 Å². The quantitative estimate of drug-likeness (QED) is 0.303. The van der Waals surface area contributed by atoms with Crippen LogP contribution in [0.5, 0.6) is 5.75 Å². The molecule has 134 valence electrons. The highest BCUT2D eigenvalue weighted by Gasteiger charge is 2.15. The van der Waals surface area contributed by atoms with E-state index in [1.54, 1.807) is 5.57 Å². The molecule has 0 N–H and O–H groups in total. The fourth-order valence-electron chi connectivity index (χ4n) is 3.62. The number of hydrogen-bond donors (Lipinski definition) is 0. The Morgan fingerprint density at radius 2 is 1.75 bits per heavy atom. The first-order valence-corrected chi connectivity index (χ1v) is 10.2. The van der Waals surface area contributed by atoms with Crippen molar-refractivity contribution in [2.24, 2.45) is 0 Å². The maximum atomic E-state index is 5.86. The number of ether oxygens (including phenoxy) is 1. The summed E-state index contributed by atoms with van der Waals surface area (Å²) in [5.74, 6) is 1.71. The number of rotatable bonds is 11. The molecule has 1 aliphatic carbocycles. The molecule has 0 bridgehead atoms. The van der Waals surface area contributed by atoms with Gasteiger partial charge >= 0.3 is 0 Å². The Morgan fingerprint density at radius 3 is 2.42 bits per heavy atom. The van der Waals surface area contributed by atoms with Crippen LogP contribution >= 0.6 is 0 Å². The molecular weight excluding hydrogens is 292 g/mol. The second kappa shape index (κ2) is 11.3. The number of allylic oxidation sites excluding steroid dienone is 2. The molecule has 1 heteroatoms. The van der Waals surface area contributed by atoms with Crippen LogP contribution in [0.4, 0.5) is 0 Å². The zero-order chi connectivity index (χ0) is 17.0. The van der Waals surface area contributed by atoms with Crippen LogP contribution in [-0.4, -0.2) is 6.61 Å². The van der Waals surface area contributed by atoms with Gasteiger partial charge in [0, 0.05) is 0 Å². The lowest BCUT2D eigenvalue weighted by Gasteiger charge is -2.21. The van der Waals surface area contributed by atoms with Gasteiger partial charge in [-0.1, -0.05) is 63.3 Å². The number of benzene rings is 1. The molecule has 0 radical (unpaired) electrons.